The van der Waals surface area contributed by atoms with E-state index in [1.165, 1.54) is 89.9 Å². The molecule has 59 heavy (non-hydrogen) atoms. The Morgan fingerprint density at radius 2 is 0.695 bits per heavy atom. The summed E-state index contributed by atoms with van der Waals surface area (Å²) >= 11 is 0. The third kappa shape index (κ3) is 39.8. The number of hydrogen-bond donors (Lipinski definition) is 3. The maximum atomic E-state index is 13.0. The molecule has 0 fully saturated rings. The van der Waals surface area contributed by atoms with Crippen LogP contribution in [0.5, 0.6) is 0 Å². The number of unbranched alkanes of at least 4 members (excludes halogenated alkanes) is 22. The number of phosphoric ester groups is 1. The summed E-state index contributed by atoms with van der Waals surface area (Å²) in [7, 11) is -4.81. The Bertz CT molecular complexity index is 1080. The lowest BCUT2D eigenvalue weighted by Gasteiger charge is -2.22. The molecule has 0 aromatic carbocycles. The van der Waals surface area contributed by atoms with Crippen LogP contribution in [0.3, 0.4) is 0 Å². The van der Waals surface area contributed by atoms with Crippen molar-refractivity contribution in [2.45, 2.75) is 219 Å². The maximum Gasteiger partial charge on any atom is 0.472 e. The summed E-state index contributed by atoms with van der Waals surface area (Å²) in [5.74, 6) is -2.13. The number of esters is 4. The summed E-state index contributed by atoms with van der Waals surface area (Å²) in [4.78, 5) is 60.5. The Hall–Kier alpha value is -2.09. The van der Waals surface area contributed by atoms with Crippen LogP contribution in [0, 0.1) is 0 Å². The van der Waals surface area contributed by atoms with Crippen LogP contribution in [-0.2, 0) is 51.7 Å². The molecule has 5 N–H and O–H groups in total. The lowest BCUT2D eigenvalue weighted by Crippen LogP contribution is -2.31. The molecule has 0 spiro atoms. The van der Waals surface area contributed by atoms with Crippen LogP contribution < -0.4 is 11.5 Å². The number of nitrogens with two attached hydrogens (primary N) is 2. The van der Waals surface area contributed by atoms with E-state index in [1.54, 1.807) is 0 Å². The van der Waals surface area contributed by atoms with Gasteiger partial charge in [0.25, 0.3) is 0 Å². The van der Waals surface area contributed by atoms with Crippen molar-refractivity contribution in [3.05, 3.63) is 0 Å². The van der Waals surface area contributed by atoms with Gasteiger partial charge in [0.15, 0.2) is 12.2 Å². The van der Waals surface area contributed by atoms with Crippen molar-refractivity contribution in [1.82, 2.24) is 0 Å². The van der Waals surface area contributed by atoms with Gasteiger partial charge in [0, 0.05) is 25.7 Å². The number of rotatable bonds is 44. The summed E-state index contributed by atoms with van der Waals surface area (Å²) < 4.78 is 44.8. The second-order valence-electron chi connectivity index (χ2n) is 15.7. The summed E-state index contributed by atoms with van der Waals surface area (Å²) in [6.45, 7) is 3.29. The van der Waals surface area contributed by atoms with Crippen molar-refractivity contribution in [2.75, 3.05) is 39.5 Å². The van der Waals surface area contributed by atoms with Crippen LogP contribution in [0.1, 0.15) is 206 Å². The fourth-order valence-electron chi connectivity index (χ4n) is 6.32. The fraction of sp³-hybridized carbons (Fsp3) is 0.909. The second kappa shape index (κ2) is 41.3. The van der Waals surface area contributed by atoms with Gasteiger partial charge in [-0.25, -0.2) is 4.57 Å². The zero-order valence-corrected chi connectivity index (χ0v) is 38.0. The van der Waals surface area contributed by atoms with Crippen molar-refractivity contribution in [3.8, 4) is 0 Å². The van der Waals surface area contributed by atoms with Gasteiger partial charge in [-0.05, 0) is 51.6 Å². The Labute approximate surface area is 357 Å². The van der Waals surface area contributed by atoms with Gasteiger partial charge in [-0.1, -0.05) is 142 Å². The number of ether oxygens (including phenoxy) is 4. The van der Waals surface area contributed by atoms with E-state index in [0.717, 1.165) is 38.5 Å². The van der Waals surface area contributed by atoms with E-state index in [-0.39, 0.29) is 32.3 Å². The first-order valence-corrected chi connectivity index (χ1v) is 24.8. The van der Waals surface area contributed by atoms with E-state index in [1.807, 2.05) is 0 Å². The van der Waals surface area contributed by atoms with Gasteiger partial charge < -0.3 is 35.3 Å². The van der Waals surface area contributed by atoms with Crippen LogP contribution in [0.15, 0.2) is 0 Å². The van der Waals surface area contributed by atoms with Crippen molar-refractivity contribution in [2.24, 2.45) is 11.5 Å². The monoisotopic (exact) mass is 865 g/mol. The number of hydrogen-bond acceptors (Lipinski definition) is 13. The lowest BCUT2D eigenvalue weighted by atomic mass is 10.1. The van der Waals surface area contributed by atoms with Crippen LogP contribution in [-0.4, -0.2) is 80.5 Å². The fourth-order valence-corrected chi connectivity index (χ4v) is 7.11. The number of phosphoric acid groups is 1. The van der Waals surface area contributed by atoms with Gasteiger partial charge in [0.2, 0.25) is 0 Å². The minimum Gasteiger partial charge on any atom is -0.462 e. The van der Waals surface area contributed by atoms with E-state index in [0.29, 0.717) is 51.6 Å². The van der Waals surface area contributed by atoms with Crippen LogP contribution >= 0.6 is 7.82 Å². The molecule has 0 saturated heterocycles. The average Bonchev–Trinajstić information content (AvgIpc) is 3.21. The smallest absolute Gasteiger partial charge is 0.462 e. The van der Waals surface area contributed by atoms with Crippen molar-refractivity contribution >= 4 is 31.7 Å². The number of carbonyl (C=O) groups is 4. The SMILES string of the molecule is CCCCCCCCCCCCCC(=O)OC[C@H](COP(=O)(O)OCC(COC(=O)CCCCN)OC(=O)CCCCN)OC(=O)CCCCCCCCCCCCC. The predicted octanol–water partition coefficient (Wildman–Crippen LogP) is 9.69. The van der Waals surface area contributed by atoms with Gasteiger partial charge in [-0.3, -0.25) is 28.2 Å². The lowest BCUT2D eigenvalue weighted by molar-refractivity contribution is -0.162. The molecule has 0 amide bonds. The van der Waals surface area contributed by atoms with Gasteiger partial charge >= 0.3 is 31.7 Å². The minimum absolute atomic E-state index is 0.0512. The molecule has 0 aromatic heterocycles. The van der Waals surface area contributed by atoms with Gasteiger partial charge in [0.1, 0.15) is 13.2 Å². The van der Waals surface area contributed by atoms with Crippen LogP contribution in [0.25, 0.3) is 0 Å². The first kappa shape index (κ1) is 56.9. The molecule has 348 valence electrons. The zero-order valence-electron chi connectivity index (χ0n) is 37.2. The molecular weight excluding hydrogens is 779 g/mol. The molecule has 0 radical (unpaired) electrons. The molecule has 14 nitrogen and oxygen atoms in total. The topological polar surface area (TPSA) is 213 Å². The normalized spacial score (nSPS) is 13.4. The van der Waals surface area contributed by atoms with Gasteiger partial charge in [-0.15, -0.1) is 0 Å². The third-order valence-electron chi connectivity index (χ3n) is 9.94. The maximum absolute atomic E-state index is 13.0. The molecule has 0 bridgehead atoms. The highest BCUT2D eigenvalue weighted by atomic mass is 31.2. The van der Waals surface area contributed by atoms with Gasteiger partial charge in [-0.2, -0.15) is 0 Å². The predicted molar refractivity (Wildman–Crippen MR) is 231 cm³/mol. The third-order valence-corrected chi connectivity index (χ3v) is 10.9. The zero-order chi connectivity index (χ0) is 43.7. The van der Waals surface area contributed by atoms with E-state index >= 15 is 0 Å². The molecule has 0 aliphatic rings. The molecule has 0 heterocycles. The van der Waals surface area contributed by atoms with E-state index in [2.05, 4.69) is 13.8 Å². The Kier molecular flexibility index (Phi) is 39.8. The van der Waals surface area contributed by atoms with Crippen molar-refractivity contribution in [3.63, 3.8) is 0 Å². The Morgan fingerprint density at radius 1 is 0.424 bits per heavy atom. The largest absolute Gasteiger partial charge is 0.472 e. The molecule has 0 saturated carbocycles. The highest BCUT2D eigenvalue weighted by Gasteiger charge is 2.29. The van der Waals surface area contributed by atoms with Crippen molar-refractivity contribution < 1.29 is 56.6 Å². The van der Waals surface area contributed by atoms with E-state index in [9.17, 15) is 28.6 Å². The number of carbonyl (C=O) groups excluding carboxylic acids is 4. The molecule has 0 rings (SSSR count). The first-order chi connectivity index (χ1) is 28.6. The summed E-state index contributed by atoms with van der Waals surface area (Å²) in [6.07, 6.45) is 25.5. The molecule has 15 heteroatoms. The molecule has 3 atom stereocenters. The standard InChI is InChI=1S/C44H85N2O12P/c1-3-5-7-9-11-13-15-17-19-21-23-29-41(47)53-35-39(57-43(49)31-24-22-20-18-16-14-12-10-8-6-4-2)37-55-59(51,52)56-38-40(58-44(50)32-26-28-34-46)36-54-42(48)30-25-27-33-45/h39-40H,3-38,45-46H2,1-2H3,(H,51,52)/t39-,40?/m1/s1. The van der Waals surface area contributed by atoms with Crippen LogP contribution in [0.2, 0.25) is 0 Å². The quantitative estimate of drug-likeness (QED) is 0.0225. The second-order valence-corrected chi connectivity index (χ2v) is 17.2. The highest BCUT2D eigenvalue weighted by molar-refractivity contribution is 7.47. The molecule has 0 aromatic rings. The minimum atomic E-state index is -4.81. The van der Waals surface area contributed by atoms with E-state index < -0.39 is 63.7 Å². The molecule has 0 aliphatic carbocycles. The Balaban J connectivity index is 5.09. The van der Waals surface area contributed by atoms with Crippen LogP contribution in [0.4, 0.5) is 0 Å². The Morgan fingerprint density at radius 3 is 1.00 bits per heavy atom. The van der Waals surface area contributed by atoms with E-state index in [4.69, 9.17) is 39.5 Å². The average molecular weight is 865 g/mol. The molecular formula is C44H85N2O12P. The summed E-state index contributed by atoms with van der Waals surface area (Å²) in [6, 6.07) is 0. The summed E-state index contributed by atoms with van der Waals surface area (Å²) in [5.41, 5.74) is 11.0. The first-order valence-electron chi connectivity index (χ1n) is 23.3. The van der Waals surface area contributed by atoms with Gasteiger partial charge in [0.05, 0.1) is 13.2 Å². The van der Waals surface area contributed by atoms with Crippen molar-refractivity contribution in [1.29, 1.82) is 0 Å². The summed E-state index contributed by atoms with van der Waals surface area (Å²) in [5, 5.41) is 0. The molecule has 2 unspecified atom stereocenters. The highest BCUT2D eigenvalue weighted by Crippen LogP contribution is 2.43. The molecule has 0 aliphatic heterocycles.